The Morgan fingerprint density at radius 1 is 0.971 bits per heavy atom. The van der Waals surface area contributed by atoms with Crippen molar-refractivity contribution in [1.29, 1.82) is 0 Å². The summed E-state index contributed by atoms with van der Waals surface area (Å²) < 4.78 is 30.2. The van der Waals surface area contributed by atoms with Crippen LogP contribution in [0.25, 0.3) is 0 Å². The zero-order valence-electron chi connectivity index (χ0n) is 18.5. The molecule has 3 aromatic rings. The summed E-state index contributed by atoms with van der Waals surface area (Å²) in [5, 5.41) is 0. The molecule has 2 aromatic carbocycles. The molecule has 1 saturated heterocycles. The average molecular weight is 457 g/mol. The lowest BCUT2D eigenvalue weighted by atomic mass is 9.74. The summed E-state index contributed by atoms with van der Waals surface area (Å²) in [6.45, 7) is 0. The third-order valence-corrected chi connectivity index (χ3v) is 6.57. The van der Waals surface area contributed by atoms with E-state index in [2.05, 4.69) is 16.8 Å². The molecule has 170 valence electrons. The van der Waals surface area contributed by atoms with Crippen molar-refractivity contribution >= 4 is 17.6 Å². The van der Waals surface area contributed by atoms with E-state index in [-0.39, 0.29) is 12.0 Å². The first kappa shape index (κ1) is 21.8. The van der Waals surface area contributed by atoms with Gasteiger partial charge in [-0.05, 0) is 55.2 Å². The van der Waals surface area contributed by atoms with E-state index >= 15 is 8.78 Å². The third-order valence-electron chi connectivity index (χ3n) is 6.57. The van der Waals surface area contributed by atoms with Crippen LogP contribution in [0.5, 0.6) is 0 Å². The molecule has 34 heavy (non-hydrogen) atoms. The summed E-state index contributed by atoms with van der Waals surface area (Å²) in [6, 6.07) is 14.0. The maximum atomic E-state index is 15.1. The molecule has 1 spiro atoms. The Morgan fingerprint density at radius 3 is 2.41 bits per heavy atom. The number of carbonyl (C=O) groups is 2. The largest absolute Gasteiger partial charge is 0.332 e. The number of imide groups is 1. The molecule has 0 radical (unpaired) electrons. The van der Waals surface area contributed by atoms with Crippen molar-refractivity contribution in [3.8, 4) is 11.8 Å². The molecule has 1 aromatic heterocycles. The van der Waals surface area contributed by atoms with Crippen molar-refractivity contribution < 1.29 is 18.4 Å². The number of aromatic nitrogens is 1. The van der Waals surface area contributed by atoms with Crippen molar-refractivity contribution in [3.05, 3.63) is 94.8 Å². The Balaban J connectivity index is 1.50. The van der Waals surface area contributed by atoms with Gasteiger partial charge in [-0.1, -0.05) is 36.1 Å². The number of hydrogen-bond acceptors (Lipinski definition) is 3. The van der Waals surface area contributed by atoms with Gasteiger partial charge < -0.3 is 4.90 Å². The van der Waals surface area contributed by atoms with Crippen LogP contribution in [0.2, 0.25) is 0 Å². The van der Waals surface area contributed by atoms with Gasteiger partial charge >= 0.3 is 6.03 Å². The highest BCUT2D eigenvalue weighted by Crippen LogP contribution is 2.45. The van der Waals surface area contributed by atoms with Gasteiger partial charge in [0.2, 0.25) is 5.91 Å². The second kappa shape index (κ2) is 8.38. The van der Waals surface area contributed by atoms with Crippen LogP contribution >= 0.6 is 0 Å². The predicted molar refractivity (Wildman–Crippen MR) is 123 cm³/mol. The highest BCUT2D eigenvalue weighted by molar-refractivity contribution is 6.16. The van der Waals surface area contributed by atoms with E-state index in [1.54, 1.807) is 31.4 Å². The van der Waals surface area contributed by atoms with Gasteiger partial charge in [0.1, 0.15) is 5.69 Å². The number of rotatable bonds is 1. The van der Waals surface area contributed by atoms with E-state index in [4.69, 9.17) is 0 Å². The number of amides is 3. The third kappa shape index (κ3) is 3.52. The van der Waals surface area contributed by atoms with E-state index < -0.39 is 34.8 Å². The number of carbonyl (C=O) groups excluding carboxylic acids is 2. The molecule has 7 heteroatoms. The standard InChI is InChI=1S/C27H21F2N3O2/c1-31-26(34)32(24(33)17-27(31)13-5-10-23-20(27)9-6-14-30-23)25-21(28)15-19(16-22(25)29)12-11-18-7-3-2-4-8-18/h2-4,6-9,14-16H,5,10,13,17H2,1H3. The molecule has 0 bridgehead atoms. The molecule has 1 aliphatic carbocycles. The van der Waals surface area contributed by atoms with Crippen molar-refractivity contribution in [3.63, 3.8) is 0 Å². The molecule has 1 aliphatic heterocycles. The Bertz CT molecular complexity index is 1340. The molecule has 1 atom stereocenters. The van der Waals surface area contributed by atoms with Crippen molar-refractivity contribution in [1.82, 2.24) is 9.88 Å². The molecule has 3 amide bonds. The summed E-state index contributed by atoms with van der Waals surface area (Å²) in [5.74, 6) is 2.88. The number of anilines is 1. The van der Waals surface area contributed by atoms with Crippen LogP contribution in [0.3, 0.4) is 0 Å². The molecular weight excluding hydrogens is 436 g/mol. The van der Waals surface area contributed by atoms with Crippen LogP contribution in [0.4, 0.5) is 19.3 Å². The van der Waals surface area contributed by atoms with Crippen molar-refractivity contribution in [2.24, 2.45) is 0 Å². The van der Waals surface area contributed by atoms with Gasteiger partial charge in [0, 0.05) is 30.1 Å². The number of urea groups is 1. The van der Waals surface area contributed by atoms with Crippen molar-refractivity contribution in [2.45, 2.75) is 31.2 Å². The normalized spacial score (nSPS) is 19.6. The lowest BCUT2D eigenvalue weighted by Gasteiger charge is -2.50. The molecular formula is C27H21F2N3O2. The molecule has 0 saturated carbocycles. The maximum Gasteiger partial charge on any atom is 0.332 e. The SMILES string of the molecule is CN1C(=O)N(c2c(F)cc(C#Cc3ccccc3)cc2F)C(=O)CC12CCCc1ncccc12. The van der Waals surface area contributed by atoms with Gasteiger partial charge in [0.15, 0.2) is 11.6 Å². The van der Waals surface area contributed by atoms with Gasteiger partial charge in [-0.3, -0.25) is 9.78 Å². The predicted octanol–water partition coefficient (Wildman–Crippen LogP) is 4.78. The summed E-state index contributed by atoms with van der Waals surface area (Å²) >= 11 is 0. The molecule has 2 aliphatic rings. The van der Waals surface area contributed by atoms with Crippen molar-refractivity contribution in [2.75, 3.05) is 11.9 Å². The van der Waals surface area contributed by atoms with E-state index in [1.165, 1.54) is 4.90 Å². The first-order valence-electron chi connectivity index (χ1n) is 11.0. The fourth-order valence-electron chi connectivity index (χ4n) is 4.90. The lowest BCUT2D eigenvalue weighted by molar-refractivity contribution is -0.123. The molecule has 1 fully saturated rings. The number of benzene rings is 2. The topological polar surface area (TPSA) is 53.5 Å². The Hall–Kier alpha value is -4.05. The minimum Gasteiger partial charge on any atom is -0.317 e. The summed E-state index contributed by atoms with van der Waals surface area (Å²) in [5.41, 5.74) is 0.912. The zero-order chi connectivity index (χ0) is 23.9. The average Bonchev–Trinajstić information content (AvgIpc) is 2.84. The number of aryl methyl sites for hydroxylation is 1. The fraction of sp³-hybridized carbons (Fsp3) is 0.222. The molecule has 0 N–H and O–H groups in total. The van der Waals surface area contributed by atoms with E-state index in [0.29, 0.717) is 16.9 Å². The van der Waals surface area contributed by atoms with Crippen LogP contribution in [0.15, 0.2) is 60.8 Å². The van der Waals surface area contributed by atoms with Gasteiger partial charge in [0.25, 0.3) is 0 Å². The van der Waals surface area contributed by atoms with Gasteiger partial charge in [0.05, 0.1) is 12.0 Å². The number of hydrogen-bond donors (Lipinski definition) is 0. The summed E-state index contributed by atoms with van der Waals surface area (Å²) in [6.07, 6.45) is 3.69. The highest BCUT2D eigenvalue weighted by Gasteiger charge is 2.52. The van der Waals surface area contributed by atoms with Crippen LogP contribution in [0, 0.1) is 23.5 Å². The zero-order valence-corrected chi connectivity index (χ0v) is 18.5. The summed E-state index contributed by atoms with van der Waals surface area (Å²) in [4.78, 5) is 33.0. The molecule has 5 nitrogen and oxygen atoms in total. The number of pyridine rings is 1. The smallest absolute Gasteiger partial charge is 0.317 e. The fourth-order valence-corrected chi connectivity index (χ4v) is 4.90. The van der Waals surface area contributed by atoms with E-state index in [9.17, 15) is 9.59 Å². The maximum absolute atomic E-state index is 15.1. The van der Waals surface area contributed by atoms with Crippen LogP contribution < -0.4 is 4.90 Å². The Kier molecular flexibility index (Phi) is 5.37. The number of fused-ring (bicyclic) bond motifs is 2. The number of halogens is 2. The second-order valence-electron chi connectivity index (χ2n) is 8.53. The molecule has 5 rings (SSSR count). The van der Waals surface area contributed by atoms with Gasteiger partial charge in [-0.2, -0.15) is 0 Å². The summed E-state index contributed by atoms with van der Waals surface area (Å²) in [7, 11) is 1.57. The quantitative estimate of drug-likeness (QED) is 0.494. The second-order valence-corrected chi connectivity index (χ2v) is 8.53. The van der Waals surface area contributed by atoms with Gasteiger partial charge in [-0.15, -0.1) is 0 Å². The lowest BCUT2D eigenvalue weighted by Crippen LogP contribution is -2.62. The minimum absolute atomic E-state index is 0.0810. The van der Waals surface area contributed by atoms with E-state index in [1.807, 2.05) is 24.3 Å². The van der Waals surface area contributed by atoms with Crippen LogP contribution in [-0.4, -0.2) is 28.9 Å². The van der Waals surface area contributed by atoms with E-state index in [0.717, 1.165) is 36.2 Å². The molecule has 2 heterocycles. The van der Waals surface area contributed by atoms with Gasteiger partial charge in [-0.25, -0.2) is 18.5 Å². The number of nitrogens with zero attached hydrogens (tertiary/aromatic N) is 3. The highest BCUT2D eigenvalue weighted by atomic mass is 19.1. The first-order chi connectivity index (χ1) is 16.4. The Morgan fingerprint density at radius 2 is 1.68 bits per heavy atom. The van der Waals surface area contributed by atoms with Crippen LogP contribution in [-0.2, 0) is 16.8 Å². The molecule has 1 unspecified atom stereocenters. The first-order valence-corrected chi connectivity index (χ1v) is 11.0. The van der Waals surface area contributed by atoms with Crippen LogP contribution in [0.1, 0.15) is 41.6 Å². The Labute approximate surface area is 196 Å². The monoisotopic (exact) mass is 457 g/mol. The minimum atomic E-state index is -1.02.